The maximum atomic E-state index is 11.1. The first kappa shape index (κ1) is 15.7. The van der Waals surface area contributed by atoms with E-state index >= 15 is 0 Å². The molecule has 0 aromatic rings. The van der Waals surface area contributed by atoms with Crippen molar-refractivity contribution in [2.75, 3.05) is 6.54 Å². The summed E-state index contributed by atoms with van der Waals surface area (Å²) in [6.07, 6.45) is 3.02. The lowest BCUT2D eigenvalue weighted by Crippen LogP contribution is -2.32. The summed E-state index contributed by atoms with van der Waals surface area (Å²) in [6, 6.07) is 0. The van der Waals surface area contributed by atoms with E-state index < -0.39 is 5.60 Å². The molecule has 0 aliphatic rings. The molecule has 0 aromatic heterocycles. The number of alkyl carbamates (subject to hydrolysis) is 1. The van der Waals surface area contributed by atoms with E-state index in [2.05, 4.69) is 12.2 Å². The second kappa shape index (κ2) is 7.62. The first-order chi connectivity index (χ1) is 5.95. The van der Waals surface area contributed by atoms with Crippen molar-refractivity contribution in [2.45, 2.75) is 52.6 Å². The Labute approximate surface area is 87.0 Å². The summed E-state index contributed by atoms with van der Waals surface area (Å²) in [6.45, 7) is 8.42. The SMILES string of the molecule is CCCCCNC(=O)OC(C)(C)C.[N]. The zero-order valence-electron chi connectivity index (χ0n) is 9.59. The molecule has 14 heavy (non-hydrogen) atoms. The van der Waals surface area contributed by atoms with Crippen molar-refractivity contribution in [3.63, 3.8) is 0 Å². The van der Waals surface area contributed by atoms with Gasteiger partial charge in [0.1, 0.15) is 5.60 Å². The summed E-state index contributed by atoms with van der Waals surface area (Å²) in [5.74, 6) is 0. The van der Waals surface area contributed by atoms with Crippen molar-refractivity contribution in [3.05, 3.63) is 0 Å². The van der Waals surface area contributed by atoms with Crippen LogP contribution in [0.5, 0.6) is 0 Å². The van der Waals surface area contributed by atoms with Crippen LogP contribution in [0.2, 0.25) is 0 Å². The first-order valence-corrected chi connectivity index (χ1v) is 4.92. The lowest BCUT2D eigenvalue weighted by Gasteiger charge is -2.19. The monoisotopic (exact) mass is 201 g/mol. The molecular formula is C10H21N2O2. The predicted octanol–water partition coefficient (Wildman–Crippen LogP) is 2.22. The Morgan fingerprint density at radius 3 is 2.29 bits per heavy atom. The Bertz CT molecular complexity index is 153. The van der Waals surface area contributed by atoms with Gasteiger partial charge in [-0.05, 0) is 27.2 Å². The van der Waals surface area contributed by atoms with Crippen LogP contribution < -0.4 is 11.5 Å². The van der Waals surface area contributed by atoms with Gasteiger partial charge in [0.25, 0.3) is 0 Å². The number of unbranched alkanes of at least 4 members (excludes halogenated alkanes) is 2. The summed E-state index contributed by atoms with van der Waals surface area (Å²) < 4.78 is 5.07. The van der Waals surface area contributed by atoms with Gasteiger partial charge < -0.3 is 10.1 Å². The molecule has 0 aliphatic heterocycles. The van der Waals surface area contributed by atoms with Gasteiger partial charge in [-0.15, -0.1) is 0 Å². The molecule has 0 saturated heterocycles. The van der Waals surface area contributed by atoms with Crippen molar-refractivity contribution >= 4 is 6.09 Å². The smallest absolute Gasteiger partial charge is 0.407 e. The summed E-state index contributed by atoms with van der Waals surface area (Å²) in [5.41, 5.74) is -0.394. The zero-order valence-corrected chi connectivity index (χ0v) is 9.59. The van der Waals surface area contributed by atoms with Crippen LogP contribution in [0.1, 0.15) is 47.0 Å². The van der Waals surface area contributed by atoms with E-state index in [1.807, 2.05) is 20.8 Å². The predicted molar refractivity (Wildman–Crippen MR) is 55.9 cm³/mol. The molecular weight excluding hydrogens is 180 g/mol. The molecule has 0 rings (SSSR count). The van der Waals surface area contributed by atoms with Crippen LogP contribution in [0.3, 0.4) is 0 Å². The summed E-state index contributed by atoms with van der Waals surface area (Å²) in [5, 5.41) is 2.71. The van der Waals surface area contributed by atoms with E-state index in [1.54, 1.807) is 0 Å². The number of hydrogen-bond donors (Lipinski definition) is 1. The molecule has 4 nitrogen and oxygen atoms in total. The van der Waals surface area contributed by atoms with Gasteiger partial charge in [-0.3, -0.25) is 0 Å². The minimum Gasteiger partial charge on any atom is -0.444 e. The van der Waals surface area contributed by atoms with Gasteiger partial charge in [0.05, 0.1) is 0 Å². The van der Waals surface area contributed by atoms with Gasteiger partial charge in [-0.2, -0.15) is 0 Å². The van der Waals surface area contributed by atoms with Gasteiger partial charge in [-0.1, -0.05) is 19.8 Å². The molecule has 0 aromatic carbocycles. The second-order valence-corrected chi connectivity index (χ2v) is 4.14. The molecule has 4 heteroatoms. The van der Waals surface area contributed by atoms with Gasteiger partial charge >= 0.3 is 6.09 Å². The average Bonchev–Trinajstić information content (AvgIpc) is 1.94. The molecule has 83 valence electrons. The highest BCUT2D eigenvalue weighted by atomic mass is 16.6. The van der Waals surface area contributed by atoms with Crippen LogP contribution >= 0.6 is 0 Å². The van der Waals surface area contributed by atoms with Crippen LogP contribution in [-0.2, 0) is 4.74 Å². The Hall–Kier alpha value is -0.770. The molecule has 0 atom stereocenters. The van der Waals surface area contributed by atoms with E-state index in [0.29, 0.717) is 6.54 Å². The Morgan fingerprint density at radius 1 is 1.29 bits per heavy atom. The highest BCUT2D eigenvalue weighted by molar-refractivity contribution is 5.67. The molecule has 0 saturated carbocycles. The number of carbonyl (C=O) groups excluding carboxylic acids is 1. The van der Waals surface area contributed by atoms with Crippen LogP contribution in [-0.4, -0.2) is 18.2 Å². The van der Waals surface area contributed by atoms with Crippen LogP contribution in [0.15, 0.2) is 0 Å². The van der Waals surface area contributed by atoms with E-state index in [0.717, 1.165) is 19.3 Å². The fourth-order valence-corrected chi connectivity index (χ4v) is 0.880. The minimum absolute atomic E-state index is 0. The summed E-state index contributed by atoms with van der Waals surface area (Å²) in [4.78, 5) is 11.1. The third-order valence-electron chi connectivity index (χ3n) is 1.45. The van der Waals surface area contributed by atoms with Crippen LogP contribution in [0.4, 0.5) is 4.79 Å². The maximum absolute atomic E-state index is 11.1. The van der Waals surface area contributed by atoms with Crippen molar-refractivity contribution < 1.29 is 9.53 Å². The van der Waals surface area contributed by atoms with Crippen molar-refractivity contribution in [1.82, 2.24) is 11.5 Å². The van der Waals surface area contributed by atoms with Crippen LogP contribution in [0, 0.1) is 0 Å². The normalized spacial score (nSPS) is 10.3. The molecule has 0 fully saturated rings. The number of amides is 1. The van der Waals surface area contributed by atoms with Crippen molar-refractivity contribution in [1.29, 1.82) is 0 Å². The molecule has 0 aliphatic carbocycles. The third-order valence-corrected chi connectivity index (χ3v) is 1.45. The third kappa shape index (κ3) is 11.2. The van der Waals surface area contributed by atoms with Gasteiger partial charge in [-0.25, -0.2) is 4.79 Å². The van der Waals surface area contributed by atoms with Crippen LogP contribution in [0.25, 0.3) is 0 Å². The number of nitrogens with one attached hydrogen (secondary N) is 1. The largest absolute Gasteiger partial charge is 0.444 e. The van der Waals surface area contributed by atoms with Crippen molar-refractivity contribution in [2.24, 2.45) is 0 Å². The number of rotatable bonds is 4. The zero-order chi connectivity index (χ0) is 10.3. The maximum Gasteiger partial charge on any atom is 0.407 e. The van der Waals surface area contributed by atoms with Gasteiger partial charge in [0, 0.05) is 12.7 Å². The number of ether oxygens (including phenoxy) is 1. The Balaban J connectivity index is 0. The van der Waals surface area contributed by atoms with E-state index in [9.17, 15) is 4.79 Å². The summed E-state index contributed by atoms with van der Waals surface area (Å²) in [7, 11) is 0. The molecule has 0 heterocycles. The fourth-order valence-electron chi connectivity index (χ4n) is 0.880. The minimum atomic E-state index is -0.394. The summed E-state index contributed by atoms with van der Waals surface area (Å²) >= 11 is 0. The molecule has 0 unspecified atom stereocenters. The lowest BCUT2D eigenvalue weighted by molar-refractivity contribution is 0.0527. The Kier molecular flexibility index (Phi) is 8.54. The molecule has 1 N–H and O–H groups in total. The quantitative estimate of drug-likeness (QED) is 0.708. The van der Waals surface area contributed by atoms with Gasteiger partial charge in [0.2, 0.25) is 0 Å². The van der Waals surface area contributed by atoms with E-state index in [-0.39, 0.29) is 12.2 Å². The number of carbonyl (C=O) groups is 1. The highest BCUT2D eigenvalue weighted by Crippen LogP contribution is 2.06. The first-order valence-electron chi connectivity index (χ1n) is 4.92. The number of hydrogen-bond acceptors (Lipinski definition) is 2. The van der Waals surface area contributed by atoms with E-state index in [1.165, 1.54) is 0 Å². The Morgan fingerprint density at radius 2 is 1.86 bits per heavy atom. The van der Waals surface area contributed by atoms with Crippen molar-refractivity contribution in [3.8, 4) is 0 Å². The molecule has 0 bridgehead atoms. The molecule has 1 amide bonds. The highest BCUT2D eigenvalue weighted by Gasteiger charge is 2.15. The number of nitrogens with zero attached hydrogens (tertiary/aromatic N) is 1. The molecule has 0 spiro atoms. The molecule has 3 radical (unpaired) electrons. The standard InChI is InChI=1S/C10H21NO2.N/c1-5-6-7-8-11-9(12)13-10(2,3)4;/h5-8H2,1-4H3,(H,11,12);. The second-order valence-electron chi connectivity index (χ2n) is 4.14. The van der Waals surface area contributed by atoms with Gasteiger partial charge in [0.15, 0.2) is 0 Å². The fraction of sp³-hybridized carbons (Fsp3) is 0.900. The average molecular weight is 201 g/mol. The topological polar surface area (TPSA) is 68.8 Å². The van der Waals surface area contributed by atoms with E-state index in [4.69, 9.17) is 4.74 Å². The lowest BCUT2D eigenvalue weighted by atomic mass is 10.2.